The highest BCUT2D eigenvalue weighted by atomic mass is 32.2. The molecular formula is C26H36N2O3S. The van der Waals surface area contributed by atoms with E-state index in [1.807, 2.05) is 42.5 Å². The van der Waals surface area contributed by atoms with Crippen molar-refractivity contribution in [2.75, 3.05) is 24.6 Å². The van der Waals surface area contributed by atoms with Gasteiger partial charge >= 0.3 is 0 Å². The normalized spacial score (nSPS) is 19.6. The Morgan fingerprint density at radius 2 is 1.56 bits per heavy atom. The maximum Gasteiger partial charge on any atom is 0.235 e. The van der Waals surface area contributed by atoms with Crippen LogP contribution >= 0.6 is 0 Å². The zero-order valence-electron chi connectivity index (χ0n) is 19.3. The first-order valence-electron chi connectivity index (χ1n) is 11.6. The molecule has 2 aromatic rings. The molecule has 1 aliphatic rings. The molecule has 0 aliphatic carbocycles. The molecule has 2 atom stereocenters. The number of likely N-dealkylation sites (tertiary alicyclic amines) is 1. The fourth-order valence-electron chi connectivity index (χ4n) is 4.61. The Hall–Kier alpha value is -2.18. The Balaban J connectivity index is 1.39. The van der Waals surface area contributed by atoms with Crippen LogP contribution in [0.5, 0.6) is 0 Å². The molecule has 1 heterocycles. The van der Waals surface area contributed by atoms with Crippen molar-refractivity contribution in [3.8, 4) is 0 Å². The third-order valence-electron chi connectivity index (χ3n) is 5.98. The van der Waals surface area contributed by atoms with Gasteiger partial charge in [0.1, 0.15) is 5.75 Å². The van der Waals surface area contributed by atoms with Crippen molar-refractivity contribution in [1.82, 2.24) is 10.2 Å². The highest BCUT2D eigenvalue weighted by molar-refractivity contribution is 7.92. The zero-order valence-corrected chi connectivity index (χ0v) is 20.1. The number of carbonyl (C=O) groups excluding carboxylic acids is 1. The predicted octanol–water partition coefficient (Wildman–Crippen LogP) is 3.83. The molecule has 1 amide bonds. The topological polar surface area (TPSA) is 66.5 Å². The van der Waals surface area contributed by atoms with Crippen molar-refractivity contribution < 1.29 is 13.2 Å². The molecular weight excluding hydrogens is 420 g/mol. The number of rotatable bonds is 10. The third kappa shape index (κ3) is 8.40. The average Bonchev–Trinajstić information content (AvgIpc) is 2.73. The van der Waals surface area contributed by atoms with Crippen molar-refractivity contribution in [3.63, 3.8) is 0 Å². The van der Waals surface area contributed by atoms with Gasteiger partial charge in [-0.25, -0.2) is 8.42 Å². The van der Waals surface area contributed by atoms with Gasteiger partial charge in [-0.1, -0.05) is 68.4 Å². The number of piperidine rings is 1. The van der Waals surface area contributed by atoms with Crippen molar-refractivity contribution in [1.29, 1.82) is 0 Å². The number of nitrogens with zero attached hydrogens (tertiary/aromatic N) is 1. The largest absolute Gasteiger partial charge is 0.351 e. The molecule has 5 nitrogen and oxygen atoms in total. The summed E-state index contributed by atoms with van der Waals surface area (Å²) in [4.78, 5) is 14.7. The maximum atomic E-state index is 12.3. The first-order valence-corrected chi connectivity index (χ1v) is 13.4. The Kier molecular flexibility index (Phi) is 8.88. The molecule has 1 saturated heterocycles. The molecule has 0 bridgehead atoms. The molecule has 6 heteroatoms. The van der Waals surface area contributed by atoms with Gasteiger partial charge in [-0.2, -0.15) is 0 Å². The summed E-state index contributed by atoms with van der Waals surface area (Å²) >= 11 is 0. The van der Waals surface area contributed by atoms with Gasteiger partial charge in [-0.3, -0.25) is 9.69 Å². The number of aryl methyl sites for hydroxylation is 1. The van der Waals surface area contributed by atoms with Crippen LogP contribution in [-0.4, -0.2) is 43.8 Å². The summed E-state index contributed by atoms with van der Waals surface area (Å²) in [5.41, 5.74) is 3.35. The number of carbonyl (C=O) groups is 1. The Morgan fingerprint density at radius 1 is 0.938 bits per heavy atom. The number of benzene rings is 2. The molecule has 174 valence electrons. The average molecular weight is 457 g/mol. The van der Waals surface area contributed by atoms with Crippen LogP contribution in [0, 0.1) is 11.8 Å². The van der Waals surface area contributed by atoms with E-state index in [-0.39, 0.29) is 5.75 Å². The lowest BCUT2D eigenvalue weighted by molar-refractivity contribution is -0.118. The van der Waals surface area contributed by atoms with E-state index in [0.717, 1.165) is 42.6 Å². The summed E-state index contributed by atoms with van der Waals surface area (Å²) < 4.78 is 24.5. The summed E-state index contributed by atoms with van der Waals surface area (Å²) in [7, 11) is -3.41. The third-order valence-corrected chi connectivity index (χ3v) is 7.59. The van der Waals surface area contributed by atoms with Crippen LogP contribution in [0.1, 0.15) is 43.4 Å². The lowest BCUT2D eigenvalue weighted by Gasteiger charge is -2.35. The van der Waals surface area contributed by atoms with Gasteiger partial charge in [0.25, 0.3) is 0 Å². The van der Waals surface area contributed by atoms with Crippen LogP contribution in [0.25, 0.3) is 0 Å². The van der Waals surface area contributed by atoms with Crippen LogP contribution < -0.4 is 5.32 Å². The van der Waals surface area contributed by atoms with Crippen LogP contribution in [0.3, 0.4) is 0 Å². The predicted molar refractivity (Wildman–Crippen MR) is 130 cm³/mol. The first kappa shape index (κ1) is 24.5. The number of nitrogens with one attached hydrogen (secondary N) is 1. The molecule has 2 unspecified atom stereocenters. The van der Waals surface area contributed by atoms with E-state index in [1.54, 1.807) is 0 Å². The Morgan fingerprint density at radius 3 is 2.22 bits per heavy atom. The fourth-order valence-corrected chi connectivity index (χ4v) is 5.84. The second kappa shape index (κ2) is 11.6. The van der Waals surface area contributed by atoms with Crippen LogP contribution in [0.4, 0.5) is 0 Å². The maximum absolute atomic E-state index is 12.3. The lowest BCUT2D eigenvalue weighted by Crippen LogP contribution is -2.38. The molecule has 2 aromatic carbocycles. The molecule has 1 aliphatic heterocycles. The molecule has 1 N–H and O–H groups in total. The number of hydrogen-bond donors (Lipinski definition) is 1. The van der Waals surface area contributed by atoms with Gasteiger partial charge < -0.3 is 5.32 Å². The summed E-state index contributed by atoms with van der Waals surface area (Å²) in [6.07, 6.45) is 2.52. The van der Waals surface area contributed by atoms with Gasteiger partial charge in [0, 0.05) is 26.2 Å². The Labute approximate surface area is 193 Å². The van der Waals surface area contributed by atoms with Crippen molar-refractivity contribution >= 4 is 15.7 Å². The first-order chi connectivity index (χ1) is 15.3. The van der Waals surface area contributed by atoms with E-state index in [2.05, 4.69) is 36.2 Å². The van der Waals surface area contributed by atoms with E-state index < -0.39 is 21.5 Å². The van der Waals surface area contributed by atoms with Crippen LogP contribution in [-0.2, 0) is 34.1 Å². The zero-order chi connectivity index (χ0) is 23.0. The Bertz CT molecular complexity index is 948. The van der Waals surface area contributed by atoms with Gasteiger partial charge in [0.2, 0.25) is 5.91 Å². The second-order valence-electron chi connectivity index (χ2n) is 9.41. The monoisotopic (exact) mass is 456 g/mol. The van der Waals surface area contributed by atoms with E-state index in [9.17, 15) is 13.2 Å². The van der Waals surface area contributed by atoms with Crippen molar-refractivity contribution in [2.45, 2.75) is 46.2 Å². The van der Waals surface area contributed by atoms with E-state index in [1.165, 1.54) is 12.0 Å². The molecule has 0 aromatic heterocycles. The van der Waals surface area contributed by atoms with E-state index >= 15 is 0 Å². The number of hydrogen-bond acceptors (Lipinski definition) is 4. The quantitative estimate of drug-likeness (QED) is 0.590. The van der Waals surface area contributed by atoms with Crippen molar-refractivity contribution in [3.05, 3.63) is 71.3 Å². The fraction of sp³-hybridized carbons (Fsp3) is 0.500. The van der Waals surface area contributed by atoms with E-state index in [0.29, 0.717) is 19.4 Å². The lowest BCUT2D eigenvalue weighted by atomic mass is 9.91. The number of sulfone groups is 1. The highest BCUT2D eigenvalue weighted by Crippen LogP contribution is 2.22. The summed E-state index contributed by atoms with van der Waals surface area (Å²) in [6.45, 7) is 8.21. The minimum Gasteiger partial charge on any atom is -0.351 e. The summed E-state index contributed by atoms with van der Waals surface area (Å²) in [5, 5.41) is 2.75. The second-order valence-corrected chi connectivity index (χ2v) is 11.6. The van der Waals surface area contributed by atoms with Gasteiger partial charge in [0.15, 0.2) is 9.84 Å². The molecule has 0 saturated carbocycles. The summed E-state index contributed by atoms with van der Waals surface area (Å²) in [5.74, 6) is 0.610. The molecule has 3 rings (SSSR count). The van der Waals surface area contributed by atoms with Gasteiger partial charge in [-0.05, 0) is 47.8 Å². The van der Waals surface area contributed by atoms with Crippen molar-refractivity contribution in [2.24, 2.45) is 11.8 Å². The summed E-state index contributed by atoms with van der Waals surface area (Å²) in [6, 6.07) is 18.0. The standard InChI is InChI=1S/C26H36N2O3S/c1-21-15-22(2)18-28(17-21)19-25-12-10-24(11-13-25)16-27-26(29)20-32(30,31)14-6-9-23-7-4-3-5-8-23/h3-5,7-8,10-13,21-22H,6,9,14-20H2,1-2H3,(H,27,29). The smallest absolute Gasteiger partial charge is 0.235 e. The van der Waals surface area contributed by atoms with Crippen LogP contribution in [0.2, 0.25) is 0 Å². The van der Waals surface area contributed by atoms with Gasteiger partial charge in [0.05, 0.1) is 5.75 Å². The van der Waals surface area contributed by atoms with Crippen LogP contribution in [0.15, 0.2) is 54.6 Å². The molecule has 1 fully saturated rings. The molecule has 32 heavy (non-hydrogen) atoms. The highest BCUT2D eigenvalue weighted by Gasteiger charge is 2.21. The van der Waals surface area contributed by atoms with Gasteiger partial charge in [-0.15, -0.1) is 0 Å². The minimum absolute atomic E-state index is 0.0255. The molecule has 0 spiro atoms. The molecule has 0 radical (unpaired) electrons. The number of amides is 1. The minimum atomic E-state index is -3.41. The van der Waals surface area contributed by atoms with E-state index in [4.69, 9.17) is 0 Å². The SMILES string of the molecule is CC1CC(C)CN(Cc2ccc(CNC(=O)CS(=O)(=O)CCCc3ccccc3)cc2)C1.